The molecule has 3 aromatic rings. The lowest BCUT2D eigenvalue weighted by atomic mass is 10.1. The fraction of sp³-hybridized carbons (Fsp3) is 0.238. The Hall–Kier alpha value is -3.17. The first-order valence-electron chi connectivity index (χ1n) is 9.56. The Bertz CT molecular complexity index is 1230. The van der Waals surface area contributed by atoms with Crippen molar-refractivity contribution < 1.29 is 13.3 Å². The number of rotatable bonds is 4. The van der Waals surface area contributed by atoms with Gasteiger partial charge in [0.25, 0.3) is 5.69 Å². The molecule has 30 heavy (non-hydrogen) atoms. The van der Waals surface area contributed by atoms with Gasteiger partial charge < -0.3 is 10.6 Å². The highest BCUT2D eigenvalue weighted by Gasteiger charge is 2.31. The smallest absolute Gasteiger partial charge is 0.292 e. The topological polar surface area (TPSA) is 110 Å². The van der Waals surface area contributed by atoms with Crippen LogP contribution in [0.25, 0.3) is 10.8 Å². The summed E-state index contributed by atoms with van der Waals surface area (Å²) in [4.78, 5) is 13.1. The van der Waals surface area contributed by atoms with Crippen molar-refractivity contribution in [1.82, 2.24) is 4.31 Å². The summed E-state index contributed by atoms with van der Waals surface area (Å²) < 4.78 is 27.7. The summed E-state index contributed by atoms with van der Waals surface area (Å²) >= 11 is 0. The zero-order valence-electron chi connectivity index (χ0n) is 16.5. The first-order valence-corrected chi connectivity index (χ1v) is 11.0. The second kappa shape index (κ2) is 7.58. The zero-order valence-corrected chi connectivity index (χ0v) is 17.3. The lowest BCUT2D eigenvalue weighted by molar-refractivity contribution is -0.384. The van der Waals surface area contributed by atoms with Crippen molar-refractivity contribution in [3.05, 3.63) is 70.3 Å². The van der Waals surface area contributed by atoms with E-state index in [9.17, 15) is 18.5 Å². The van der Waals surface area contributed by atoms with Crippen LogP contribution in [0.5, 0.6) is 0 Å². The fourth-order valence-electron chi connectivity index (χ4n) is 3.74. The number of nitrogen functional groups attached to an aromatic ring is 1. The number of nitrogens with zero attached hydrogens (tertiary/aromatic N) is 3. The van der Waals surface area contributed by atoms with Gasteiger partial charge in [0.1, 0.15) is 5.69 Å². The molecule has 0 radical (unpaired) electrons. The predicted octanol–water partition coefficient (Wildman–Crippen LogP) is 3.15. The van der Waals surface area contributed by atoms with E-state index >= 15 is 0 Å². The van der Waals surface area contributed by atoms with Crippen molar-refractivity contribution in [2.24, 2.45) is 0 Å². The minimum absolute atomic E-state index is 0.0208. The van der Waals surface area contributed by atoms with E-state index in [0.717, 1.165) is 10.8 Å². The Balaban J connectivity index is 1.57. The van der Waals surface area contributed by atoms with Gasteiger partial charge in [-0.05, 0) is 41.5 Å². The number of aryl methyl sites for hydroxylation is 1. The van der Waals surface area contributed by atoms with E-state index in [1.807, 2.05) is 29.2 Å². The maximum absolute atomic E-state index is 13.1. The monoisotopic (exact) mass is 426 g/mol. The second-order valence-corrected chi connectivity index (χ2v) is 9.29. The third-order valence-electron chi connectivity index (χ3n) is 5.50. The first-order chi connectivity index (χ1) is 14.3. The number of fused-ring (bicyclic) bond motifs is 1. The summed E-state index contributed by atoms with van der Waals surface area (Å²) in [5, 5.41) is 13.3. The number of sulfonamides is 1. The highest BCUT2D eigenvalue weighted by molar-refractivity contribution is 7.89. The van der Waals surface area contributed by atoms with E-state index in [4.69, 9.17) is 5.73 Å². The van der Waals surface area contributed by atoms with Gasteiger partial charge in [0.05, 0.1) is 9.82 Å². The van der Waals surface area contributed by atoms with Gasteiger partial charge in [-0.25, -0.2) is 8.42 Å². The number of anilines is 2. The number of nitro groups is 1. The molecule has 1 aliphatic rings. The molecule has 1 fully saturated rings. The normalized spacial score (nSPS) is 15.4. The van der Waals surface area contributed by atoms with Crippen molar-refractivity contribution in [1.29, 1.82) is 0 Å². The predicted molar refractivity (Wildman–Crippen MR) is 117 cm³/mol. The third-order valence-corrected chi connectivity index (χ3v) is 7.39. The summed E-state index contributed by atoms with van der Waals surface area (Å²) in [5.41, 5.74) is 7.48. The molecule has 0 atom stereocenters. The van der Waals surface area contributed by atoms with Crippen LogP contribution in [-0.2, 0) is 10.0 Å². The van der Waals surface area contributed by atoms with Crippen LogP contribution in [0.15, 0.2) is 59.5 Å². The van der Waals surface area contributed by atoms with Crippen LogP contribution in [0.1, 0.15) is 5.56 Å². The molecular formula is C21H22N4O4S. The summed E-state index contributed by atoms with van der Waals surface area (Å²) in [5.74, 6) is 0. The van der Waals surface area contributed by atoms with E-state index < -0.39 is 14.9 Å². The van der Waals surface area contributed by atoms with Crippen LogP contribution in [0, 0.1) is 17.0 Å². The highest BCUT2D eigenvalue weighted by Crippen LogP contribution is 2.34. The molecule has 0 amide bonds. The minimum atomic E-state index is -3.65. The molecule has 1 saturated heterocycles. The van der Waals surface area contributed by atoms with Crippen molar-refractivity contribution in [2.45, 2.75) is 11.8 Å². The van der Waals surface area contributed by atoms with Crippen LogP contribution >= 0.6 is 0 Å². The molecule has 0 aliphatic carbocycles. The van der Waals surface area contributed by atoms with Crippen molar-refractivity contribution in [3.8, 4) is 0 Å². The Kier molecular flexibility index (Phi) is 5.08. The lowest BCUT2D eigenvalue weighted by Crippen LogP contribution is -2.48. The van der Waals surface area contributed by atoms with E-state index in [0.29, 0.717) is 30.0 Å². The van der Waals surface area contributed by atoms with Gasteiger partial charge in [-0.2, -0.15) is 4.31 Å². The van der Waals surface area contributed by atoms with Gasteiger partial charge in [0, 0.05) is 37.9 Å². The number of benzene rings is 3. The molecular weight excluding hydrogens is 404 g/mol. The van der Waals surface area contributed by atoms with Gasteiger partial charge in [0.2, 0.25) is 10.0 Å². The number of nitro benzene ring substituents is 1. The summed E-state index contributed by atoms with van der Waals surface area (Å²) in [6.45, 7) is 2.88. The summed E-state index contributed by atoms with van der Waals surface area (Å²) in [6, 6.07) is 15.8. The molecule has 0 spiro atoms. The fourth-order valence-corrected chi connectivity index (χ4v) is 5.20. The third kappa shape index (κ3) is 3.57. The van der Waals surface area contributed by atoms with Crippen molar-refractivity contribution in [3.63, 3.8) is 0 Å². The molecule has 0 aromatic heterocycles. The number of hydrogen-bond acceptors (Lipinski definition) is 6. The Morgan fingerprint density at radius 2 is 1.63 bits per heavy atom. The number of piperazine rings is 1. The van der Waals surface area contributed by atoms with Crippen LogP contribution in [0.3, 0.4) is 0 Å². The average molecular weight is 426 g/mol. The lowest BCUT2D eigenvalue weighted by Gasteiger charge is -2.35. The second-order valence-electron chi connectivity index (χ2n) is 7.35. The largest absolute Gasteiger partial charge is 0.398 e. The molecule has 0 unspecified atom stereocenters. The average Bonchev–Trinajstić information content (AvgIpc) is 2.75. The van der Waals surface area contributed by atoms with E-state index in [2.05, 4.69) is 0 Å². The maximum Gasteiger partial charge on any atom is 0.292 e. The first kappa shape index (κ1) is 20.1. The van der Waals surface area contributed by atoms with E-state index in [1.165, 1.54) is 10.4 Å². The maximum atomic E-state index is 13.1. The Labute approximate surface area is 174 Å². The van der Waals surface area contributed by atoms with Gasteiger partial charge in [-0.3, -0.25) is 10.1 Å². The molecule has 1 aliphatic heterocycles. The van der Waals surface area contributed by atoms with Crippen molar-refractivity contribution >= 4 is 37.9 Å². The van der Waals surface area contributed by atoms with E-state index in [-0.39, 0.29) is 23.7 Å². The molecule has 156 valence electrons. The minimum Gasteiger partial charge on any atom is -0.398 e. The van der Waals surface area contributed by atoms with Crippen LogP contribution < -0.4 is 10.6 Å². The van der Waals surface area contributed by atoms with Crippen LogP contribution in [0.2, 0.25) is 0 Å². The summed E-state index contributed by atoms with van der Waals surface area (Å²) in [7, 11) is -3.65. The van der Waals surface area contributed by atoms with Gasteiger partial charge in [-0.1, -0.05) is 30.3 Å². The standard InChI is InChI=1S/C21H22N4O4S/c1-15-12-21(25(26)27)20(14-19(15)22)23-8-10-24(11-9-23)30(28,29)18-7-6-16-4-2-3-5-17(16)13-18/h2-7,12-14H,8-11,22H2,1H3. The van der Waals surface area contributed by atoms with Crippen LogP contribution in [-0.4, -0.2) is 43.8 Å². The molecule has 8 nitrogen and oxygen atoms in total. The molecule has 4 rings (SSSR count). The highest BCUT2D eigenvalue weighted by atomic mass is 32.2. The quantitative estimate of drug-likeness (QED) is 0.390. The van der Waals surface area contributed by atoms with Crippen LogP contribution in [0.4, 0.5) is 17.1 Å². The summed E-state index contributed by atoms with van der Waals surface area (Å²) in [6.07, 6.45) is 0. The molecule has 0 saturated carbocycles. The number of nitrogens with two attached hydrogens (primary N) is 1. The SMILES string of the molecule is Cc1cc([N+](=O)[O-])c(N2CCN(S(=O)(=O)c3ccc4ccccc4c3)CC2)cc1N. The molecule has 0 bridgehead atoms. The number of hydrogen-bond donors (Lipinski definition) is 1. The van der Waals surface area contributed by atoms with Gasteiger partial charge in [-0.15, -0.1) is 0 Å². The Morgan fingerprint density at radius 3 is 2.30 bits per heavy atom. The Morgan fingerprint density at radius 1 is 0.967 bits per heavy atom. The molecule has 2 N–H and O–H groups in total. The van der Waals surface area contributed by atoms with Gasteiger partial charge in [0.15, 0.2) is 0 Å². The van der Waals surface area contributed by atoms with E-state index in [1.54, 1.807) is 31.2 Å². The molecule has 9 heteroatoms. The van der Waals surface area contributed by atoms with Crippen molar-refractivity contribution in [2.75, 3.05) is 36.8 Å². The van der Waals surface area contributed by atoms with Gasteiger partial charge >= 0.3 is 0 Å². The molecule has 3 aromatic carbocycles. The zero-order chi connectivity index (χ0) is 21.5. The molecule has 1 heterocycles.